The monoisotopic (exact) mass is 293 g/mol. The van der Waals surface area contributed by atoms with Crippen molar-refractivity contribution in [3.05, 3.63) is 30.3 Å². The van der Waals surface area contributed by atoms with Crippen LogP contribution in [0.2, 0.25) is 0 Å². The van der Waals surface area contributed by atoms with Crippen molar-refractivity contribution in [2.45, 2.75) is 0 Å². The standard InChI is InChI=1S/C12H11NO6Si/c14-10-6-13-7-11(15)18-20(17-10,19-12(16)8-13)9-4-2-1-3-5-9/h1-5H,6-8H2. The van der Waals surface area contributed by atoms with E-state index in [1.165, 1.54) is 4.90 Å². The summed E-state index contributed by atoms with van der Waals surface area (Å²) in [6.07, 6.45) is 0. The Morgan fingerprint density at radius 2 is 1.25 bits per heavy atom. The fraction of sp³-hybridized carbons (Fsp3) is 0.250. The molecule has 3 fully saturated rings. The minimum absolute atomic E-state index is 0.133. The molecule has 0 radical (unpaired) electrons. The van der Waals surface area contributed by atoms with Crippen molar-refractivity contribution in [2.75, 3.05) is 19.6 Å². The smallest absolute Gasteiger partial charge is 0.451 e. The average Bonchev–Trinajstić information content (AvgIpc) is 2.35. The van der Waals surface area contributed by atoms with Crippen molar-refractivity contribution in [2.24, 2.45) is 0 Å². The van der Waals surface area contributed by atoms with Gasteiger partial charge in [-0.05, 0) is 0 Å². The van der Waals surface area contributed by atoms with E-state index in [2.05, 4.69) is 0 Å². The zero-order chi connectivity index (χ0) is 14.2. The van der Waals surface area contributed by atoms with Gasteiger partial charge in [0, 0.05) is 0 Å². The summed E-state index contributed by atoms with van der Waals surface area (Å²) in [5.41, 5.74) is 0. The van der Waals surface area contributed by atoms with E-state index in [-0.39, 0.29) is 19.6 Å². The molecule has 0 atom stereocenters. The number of fused-ring (bicyclic) bond motifs is 6. The Bertz CT molecular complexity index is 524. The van der Waals surface area contributed by atoms with Crippen LogP contribution in [0.4, 0.5) is 0 Å². The van der Waals surface area contributed by atoms with Gasteiger partial charge in [0.1, 0.15) is 0 Å². The van der Waals surface area contributed by atoms with Gasteiger partial charge in [0.15, 0.2) is 0 Å². The van der Waals surface area contributed by atoms with Crippen LogP contribution in [0.15, 0.2) is 30.3 Å². The van der Waals surface area contributed by atoms with Crippen molar-refractivity contribution < 1.29 is 27.7 Å². The molecule has 2 bridgehead atoms. The Labute approximate surface area is 115 Å². The lowest BCUT2D eigenvalue weighted by Crippen LogP contribution is -2.65. The second-order valence-electron chi connectivity index (χ2n) is 4.49. The summed E-state index contributed by atoms with van der Waals surface area (Å²) in [4.78, 5) is 36.8. The van der Waals surface area contributed by atoms with Gasteiger partial charge in [-0.2, -0.15) is 0 Å². The van der Waals surface area contributed by atoms with Crippen molar-refractivity contribution >= 4 is 31.9 Å². The highest BCUT2D eigenvalue weighted by Gasteiger charge is 2.58. The first-order chi connectivity index (χ1) is 9.57. The molecule has 1 aromatic rings. The molecule has 3 saturated heterocycles. The van der Waals surface area contributed by atoms with Crippen LogP contribution in [-0.4, -0.2) is 51.2 Å². The van der Waals surface area contributed by atoms with Crippen LogP contribution >= 0.6 is 0 Å². The highest BCUT2D eigenvalue weighted by atomic mass is 28.4. The fourth-order valence-corrected chi connectivity index (χ4v) is 4.32. The van der Waals surface area contributed by atoms with Gasteiger partial charge in [0.2, 0.25) is 0 Å². The minimum atomic E-state index is -3.87. The molecule has 1 aromatic carbocycles. The van der Waals surface area contributed by atoms with Crippen molar-refractivity contribution in [3.8, 4) is 0 Å². The van der Waals surface area contributed by atoms with Crippen molar-refractivity contribution in [1.29, 1.82) is 0 Å². The second-order valence-corrected chi connectivity index (χ2v) is 6.79. The average molecular weight is 293 g/mol. The van der Waals surface area contributed by atoms with E-state index in [4.69, 9.17) is 13.3 Å². The lowest BCUT2D eigenvalue weighted by molar-refractivity contribution is -0.160. The van der Waals surface area contributed by atoms with E-state index in [9.17, 15) is 14.4 Å². The third-order valence-electron chi connectivity index (χ3n) is 2.93. The van der Waals surface area contributed by atoms with Crippen LogP contribution < -0.4 is 5.19 Å². The van der Waals surface area contributed by atoms with Gasteiger partial charge in [-0.15, -0.1) is 0 Å². The summed E-state index contributed by atoms with van der Waals surface area (Å²) >= 11 is 0. The van der Waals surface area contributed by atoms with Crippen molar-refractivity contribution in [1.82, 2.24) is 4.90 Å². The summed E-state index contributed by atoms with van der Waals surface area (Å²) < 4.78 is 15.7. The molecule has 3 aliphatic heterocycles. The van der Waals surface area contributed by atoms with E-state index >= 15 is 0 Å². The number of hydrogen-bond donors (Lipinski definition) is 0. The van der Waals surface area contributed by atoms with Crippen LogP contribution in [0.1, 0.15) is 0 Å². The van der Waals surface area contributed by atoms with Gasteiger partial charge in [-0.1, -0.05) is 30.3 Å². The highest BCUT2D eigenvalue weighted by molar-refractivity contribution is 6.79. The topological polar surface area (TPSA) is 82.1 Å². The molecule has 7 nitrogen and oxygen atoms in total. The number of benzene rings is 1. The number of carbonyl (C=O) groups excluding carboxylic acids is 3. The third-order valence-corrected chi connectivity index (χ3v) is 5.46. The Morgan fingerprint density at radius 3 is 1.70 bits per heavy atom. The zero-order valence-electron chi connectivity index (χ0n) is 10.4. The maximum atomic E-state index is 11.8. The molecule has 3 aliphatic rings. The molecule has 0 aromatic heterocycles. The fourth-order valence-electron chi connectivity index (χ4n) is 2.14. The summed E-state index contributed by atoms with van der Waals surface area (Å²) in [7, 11) is -3.87. The molecule has 20 heavy (non-hydrogen) atoms. The first-order valence-electron chi connectivity index (χ1n) is 6.01. The quantitative estimate of drug-likeness (QED) is 0.601. The predicted octanol–water partition coefficient (Wildman–Crippen LogP) is -1.21. The van der Waals surface area contributed by atoms with E-state index < -0.39 is 26.7 Å². The molecule has 8 heteroatoms. The third kappa shape index (κ3) is 2.30. The van der Waals surface area contributed by atoms with Gasteiger partial charge < -0.3 is 13.3 Å². The van der Waals surface area contributed by atoms with Crippen LogP contribution in [0.5, 0.6) is 0 Å². The molecule has 0 unspecified atom stereocenters. The van der Waals surface area contributed by atoms with E-state index in [0.29, 0.717) is 5.19 Å². The van der Waals surface area contributed by atoms with Gasteiger partial charge in [0.25, 0.3) is 0 Å². The molecular weight excluding hydrogens is 282 g/mol. The van der Waals surface area contributed by atoms with E-state index in [1.54, 1.807) is 30.3 Å². The minimum Gasteiger partial charge on any atom is -0.451 e. The molecule has 0 saturated carbocycles. The number of hydrogen-bond acceptors (Lipinski definition) is 7. The van der Waals surface area contributed by atoms with Gasteiger partial charge in [0.05, 0.1) is 24.8 Å². The number of carbonyl (C=O) groups is 3. The molecule has 0 spiro atoms. The molecule has 0 N–H and O–H groups in total. The largest absolute Gasteiger partial charge is 0.743 e. The molecular formula is C12H11NO6Si. The van der Waals surface area contributed by atoms with Crippen molar-refractivity contribution in [3.63, 3.8) is 0 Å². The van der Waals surface area contributed by atoms with Gasteiger partial charge in [-0.25, -0.2) is 0 Å². The Balaban J connectivity index is 2.09. The van der Waals surface area contributed by atoms with Crippen LogP contribution in [-0.2, 0) is 27.7 Å². The molecule has 3 heterocycles. The SMILES string of the molecule is O=C1CN2CC(=O)O[Si](c3ccccc3)(O1)OC(=O)C2. The molecule has 0 amide bonds. The second kappa shape index (κ2) is 4.73. The maximum absolute atomic E-state index is 11.8. The van der Waals surface area contributed by atoms with Gasteiger partial charge >= 0.3 is 26.7 Å². The Hall–Kier alpha value is -2.19. The summed E-state index contributed by atoms with van der Waals surface area (Å²) in [5.74, 6) is -1.71. The summed E-state index contributed by atoms with van der Waals surface area (Å²) in [6, 6.07) is 8.36. The summed E-state index contributed by atoms with van der Waals surface area (Å²) in [6.45, 7) is -0.399. The Kier molecular flexibility index (Phi) is 3.03. The Morgan fingerprint density at radius 1 is 0.800 bits per heavy atom. The van der Waals surface area contributed by atoms with E-state index in [0.717, 1.165) is 0 Å². The lowest BCUT2D eigenvalue weighted by atomic mass is 10.4. The molecule has 104 valence electrons. The zero-order valence-corrected chi connectivity index (χ0v) is 11.4. The lowest BCUT2D eigenvalue weighted by Gasteiger charge is -2.35. The van der Waals surface area contributed by atoms with Gasteiger partial charge in [-0.3, -0.25) is 19.3 Å². The first kappa shape index (κ1) is 12.8. The normalized spacial score (nSPS) is 29.6. The first-order valence-corrected chi connectivity index (χ1v) is 7.73. The van der Waals surface area contributed by atoms with E-state index in [1.807, 2.05) is 0 Å². The van der Waals surface area contributed by atoms with Crippen LogP contribution in [0.25, 0.3) is 0 Å². The maximum Gasteiger partial charge on any atom is 0.743 e. The van der Waals surface area contributed by atoms with Crippen LogP contribution in [0.3, 0.4) is 0 Å². The number of nitrogens with zero attached hydrogens (tertiary/aromatic N) is 1. The molecule has 0 aliphatic carbocycles. The molecule has 4 rings (SSSR count). The van der Waals surface area contributed by atoms with Crippen LogP contribution in [0, 0.1) is 0 Å². The number of rotatable bonds is 1. The highest BCUT2D eigenvalue weighted by Crippen LogP contribution is 2.18. The predicted molar refractivity (Wildman–Crippen MR) is 66.5 cm³/mol. The summed E-state index contributed by atoms with van der Waals surface area (Å²) in [5, 5.41) is 0.408.